The predicted octanol–water partition coefficient (Wildman–Crippen LogP) is 4.16. The average Bonchev–Trinajstić information content (AvgIpc) is 2.69. The van der Waals surface area contributed by atoms with Crippen LogP contribution in [-0.4, -0.2) is 30.4 Å². The quantitative estimate of drug-likeness (QED) is 0.810. The molecule has 2 aliphatic heterocycles. The molecule has 0 aromatic heterocycles. The Hall–Kier alpha value is -2.27. The van der Waals surface area contributed by atoms with Crippen LogP contribution in [0.1, 0.15) is 30.4 Å². The number of hydrogen-bond acceptors (Lipinski definition) is 2. The van der Waals surface area contributed by atoms with Crippen molar-refractivity contribution < 1.29 is 13.6 Å². The van der Waals surface area contributed by atoms with E-state index >= 15 is 0 Å². The van der Waals surface area contributed by atoms with Crippen LogP contribution in [0, 0.1) is 17.6 Å². The summed E-state index contributed by atoms with van der Waals surface area (Å²) in [5.41, 5.74) is 2.52. The molecule has 1 saturated heterocycles. The van der Waals surface area contributed by atoms with Gasteiger partial charge in [-0.1, -0.05) is 30.3 Å². The van der Waals surface area contributed by atoms with Crippen molar-refractivity contribution in [2.75, 3.05) is 24.5 Å². The van der Waals surface area contributed by atoms with Crippen molar-refractivity contribution in [2.24, 2.45) is 5.92 Å². The highest BCUT2D eigenvalue weighted by Gasteiger charge is 2.32. The van der Waals surface area contributed by atoms with Gasteiger partial charge in [0.15, 0.2) is 11.6 Å². The zero-order chi connectivity index (χ0) is 18.8. The highest BCUT2D eigenvalue weighted by molar-refractivity contribution is 5.96. The van der Waals surface area contributed by atoms with Crippen molar-refractivity contribution in [3.05, 3.63) is 65.2 Å². The van der Waals surface area contributed by atoms with Crippen LogP contribution in [0.5, 0.6) is 0 Å². The summed E-state index contributed by atoms with van der Waals surface area (Å²) in [6, 6.07) is 12.7. The van der Waals surface area contributed by atoms with Crippen molar-refractivity contribution in [1.82, 2.24) is 4.90 Å². The minimum atomic E-state index is -0.886. The number of anilines is 1. The van der Waals surface area contributed by atoms with Crippen molar-refractivity contribution in [2.45, 2.75) is 32.2 Å². The fourth-order valence-corrected chi connectivity index (χ4v) is 4.27. The molecule has 0 spiro atoms. The summed E-state index contributed by atoms with van der Waals surface area (Å²) in [5.74, 6) is -1.78. The number of nitrogens with zero attached hydrogens (tertiary/aromatic N) is 2. The first-order chi connectivity index (χ1) is 13.1. The van der Waals surface area contributed by atoms with Gasteiger partial charge in [0.2, 0.25) is 5.91 Å². The van der Waals surface area contributed by atoms with Crippen LogP contribution in [-0.2, 0) is 17.8 Å². The molecule has 2 aliphatic rings. The van der Waals surface area contributed by atoms with Gasteiger partial charge in [0.25, 0.3) is 0 Å². The lowest BCUT2D eigenvalue weighted by Gasteiger charge is -2.37. The second kappa shape index (κ2) is 7.77. The highest BCUT2D eigenvalue weighted by Crippen LogP contribution is 2.32. The van der Waals surface area contributed by atoms with Gasteiger partial charge < -0.3 is 4.90 Å². The van der Waals surface area contributed by atoms with Crippen LogP contribution in [0.2, 0.25) is 0 Å². The predicted molar refractivity (Wildman–Crippen MR) is 101 cm³/mol. The molecule has 142 valence electrons. The summed E-state index contributed by atoms with van der Waals surface area (Å²) in [7, 11) is 0. The maximum atomic E-state index is 13.8. The van der Waals surface area contributed by atoms with E-state index in [4.69, 9.17) is 0 Å². The Kier molecular flexibility index (Phi) is 5.21. The fraction of sp³-hybridized carbons (Fsp3) is 0.409. The molecule has 0 aliphatic carbocycles. The lowest BCUT2D eigenvalue weighted by Crippen LogP contribution is -2.46. The van der Waals surface area contributed by atoms with Gasteiger partial charge in [0.05, 0.1) is 5.92 Å². The van der Waals surface area contributed by atoms with Crippen LogP contribution < -0.4 is 4.90 Å². The molecular weight excluding hydrogens is 346 g/mol. The first-order valence-electron chi connectivity index (χ1n) is 9.67. The van der Waals surface area contributed by atoms with Gasteiger partial charge in [0, 0.05) is 31.4 Å². The molecule has 2 aromatic carbocycles. The van der Waals surface area contributed by atoms with Crippen molar-refractivity contribution in [3.63, 3.8) is 0 Å². The zero-order valence-corrected chi connectivity index (χ0v) is 15.3. The number of carbonyl (C=O) groups excluding carboxylic acids is 1. The lowest BCUT2D eigenvalue weighted by atomic mass is 9.93. The molecule has 2 aromatic rings. The summed E-state index contributed by atoms with van der Waals surface area (Å²) in [6.07, 6.45) is 3.28. The Balaban J connectivity index is 1.49. The molecule has 3 nitrogen and oxygen atoms in total. The van der Waals surface area contributed by atoms with Gasteiger partial charge in [-0.2, -0.15) is 0 Å². The summed E-state index contributed by atoms with van der Waals surface area (Å²) in [6.45, 7) is 3.10. The number of benzene rings is 2. The molecule has 5 heteroatoms. The number of likely N-dealkylation sites (tertiary alicyclic amines) is 1. The number of piperidine rings is 1. The molecule has 2 heterocycles. The minimum absolute atomic E-state index is 0.0414. The molecule has 0 N–H and O–H groups in total. The van der Waals surface area contributed by atoms with E-state index < -0.39 is 11.6 Å². The van der Waals surface area contributed by atoms with Gasteiger partial charge >= 0.3 is 0 Å². The molecule has 0 bridgehead atoms. The third-order valence-electron chi connectivity index (χ3n) is 5.61. The van der Waals surface area contributed by atoms with E-state index in [1.807, 2.05) is 18.2 Å². The Morgan fingerprint density at radius 2 is 1.81 bits per heavy atom. The van der Waals surface area contributed by atoms with Gasteiger partial charge in [-0.3, -0.25) is 9.69 Å². The van der Waals surface area contributed by atoms with Crippen LogP contribution in [0.25, 0.3) is 0 Å². The van der Waals surface area contributed by atoms with E-state index in [-0.39, 0.29) is 11.8 Å². The van der Waals surface area contributed by atoms with E-state index in [9.17, 15) is 13.6 Å². The Bertz CT molecular complexity index is 825. The first kappa shape index (κ1) is 18.1. The summed E-state index contributed by atoms with van der Waals surface area (Å²) in [4.78, 5) is 17.2. The monoisotopic (exact) mass is 370 g/mol. The van der Waals surface area contributed by atoms with E-state index in [2.05, 4.69) is 17.0 Å². The molecule has 1 fully saturated rings. The van der Waals surface area contributed by atoms with Gasteiger partial charge in [-0.15, -0.1) is 0 Å². The Labute approximate surface area is 158 Å². The number of fused-ring (bicyclic) bond motifs is 1. The van der Waals surface area contributed by atoms with E-state index in [0.717, 1.165) is 37.9 Å². The molecular formula is C22H24F2N2O. The molecule has 4 rings (SSSR count). The Morgan fingerprint density at radius 3 is 2.63 bits per heavy atom. The number of carbonyl (C=O) groups is 1. The standard InChI is InChI=1S/C22H24F2N2O/c23-19-12-17-8-5-11-26(21(17)13-20(19)24)22(27)18-9-4-10-25(15-18)14-16-6-2-1-3-7-16/h1-3,6-7,12-13,18H,4-5,8-11,14-15H2. The van der Waals surface area contributed by atoms with Crippen LogP contribution in [0.3, 0.4) is 0 Å². The van der Waals surface area contributed by atoms with Crippen molar-refractivity contribution >= 4 is 11.6 Å². The van der Waals surface area contributed by atoms with Crippen LogP contribution in [0.4, 0.5) is 14.5 Å². The van der Waals surface area contributed by atoms with Crippen molar-refractivity contribution in [1.29, 1.82) is 0 Å². The molecule has 0 saturated carbocycles. The lowest BCUT2D eigenvalue weighted by molar-refractivity contribution is -0.124. The van der Waals surface area contributed by atoms with E-state index in [1.165, 1.54) is 17.7 Å². The summed E-state index contributed by atoms with van der Waals surface area (Å²) in [5, 5.41) is 0. The topological polar surface area (TPSA) is 23.6 Å². The zero-order valence-electron chi connectivity index (χ0n) is 15.3. The minimum Gasteiger partial charge on any atom is -0.312 e. The van der Waals surface area contributed by atoms with E-state index in [1.54, 1.807) is 4.90 Å². The molecule has 1 unspecified atom stereocenters. The third kappa shape index (κ3) is 3.88. The van der Waals surface area contributed by atoms with Crippen LogP contribution >= 0.6 is 0 Å². The second-order valence-corrected chi connectivity index (χ2v) is 7.55. The van der Waals surface area contributed by atoms with Crippen molar-refractivity contribution in [3.8, 4) is 0 Å². The number of aryl methyl sites for hydroxylation is 1. The normalized spacial score (nSPS) is 20.4. The maximum absolute atomic E-state index is 13.8. The van der Waals surface area contributed by atoms with Crippen LogP contribution in [0.15, 0.2) is 42.5 Å². The number of halogens is 2. The molecule has 1 amide bonds. The number of rotatable bonds is 3. The average molecular weight is 370 g/mol. The summed E-state index contributed by atoms with van der Waals surface area (Å²) >= 11 is 0. The Morgan fingerprint density at radius 1 is 1.04 bits per heavy atom. The SMILES string of the molecule is O=C(C1CCCN(Cc2ccccc2)C1)N1CCCc2cc(F)c(F)cc21. The summed E-state index contributed by atoms with van der Waals surface area (Å²) < 4.78 is 27.3. The maximum Gasteiger partial charge on any atom is 0.231 e. The highest BCUT2D eigenvalue weighted by atomic mass is 19.2. The van der Waals surface area contributed by atoms with E-state index in [0.29, 0.717) is 25.2 Å². The first-order valence-corrected chi connectivity index (χ1v) is 9.67. The third-order valence-corrected chi connectivity index (χ3v) is 5.61. The van der Waals surface area contributed by atoms with Gasteiger partial charge in [-0.25, -0.2) is 8.78 Å². The van der Waals surface area contributed by atoms with Gasteiger partial charge in [-0.05, 0) is 49.4 Å². The smallest absolute Gasteiger partial charge is 0.231 e. The fourth-order valence-electron chi connectivity index (χ4n) is 4.27. The second-order valence-electron chi connectivity index (χ2n) is 7.55. The number of amides is 1. The number of hydrogen-bond donors (Lipinski definition) is 0. The molecule has 0 radical (unpaired) electrons. The largest absolute Gasteiger partial charge is 0.312 e. The van der Waals surface area contributed by atoms with Gasteiger partial charge in [0.1, 0.15) is 0 Å². The molecule has 27 heavy (non-hydrogen) atoms. The molecule has 1 atom stereocenters.